The van der Waals surface area contributed by atoms with Gasteiger partial charge in [0.15, 0.2) is 0 Å². The number of rotatable bonds is 2. The van der Waals surface area contributed by atoms with Gasteiger partial charge in [-0.25, -0.2) is 4.79 Å². The van der Waals surface area contributed by atoms with Crippen molar-refractivity contribution in [1.82, 2.24) is 0 Å². The van der Waals surface area contributed by atoms with Gasteiger partial charge in [0.05, 0.1) is 0 Å². The summed E-state index contributed by atoms with van der Waals surface area (Å²) in [5.41, 5.74) is -0.0160. The molecular formula is C9H10CaO4. The molecule has 1 aromatic rings. The quantitative estimate of drug-likeness (QED) is 0.447. The number of carboxylic acid groups (broad SMARTS) is 1. The van der Waals surface area contributed by atoms with Crippen LogP contribution in [0.4, 0.5) is 0 Å². The summed E-state index contributed by atoms with van der Waals surface area (Å²) in [7, 11) is 0. The normalized spacial score (nSPS) is 8.64. The van der Waals surface area contributed by atoms with E-state index in [0.717, 1.165) is 0 Å². The summed E-state index contributed by atoms with van der Waals surface area (Å²) in [4.78, 5) is 21.2. The van der Waals surface area contributed by atoms with Crippen molar-refractivity contribution in [2.24, 2.45) is 0 Å². The van der Waals surface area contributed by atoms with Gasteiger partial charge < -0.3 is 9.84 Å². The summed E-state index contributed by atoms with van der Waals surface area (Å²) < 4.78 is 4.69. The van der Waals surface area contributed by atoms with Gasteiger partial charge in [0.2, 0.25) is 0 Å². The molecular weight excluding hydrogens is 212 g/mol. The second-order valence-corrected chi connectivity index (χ2v) is 2.39. The van der Waals surface area contributed by atoms with Gasteiger partial charge in [-0.15, -0.1) is 0 Å². The van der Waals surface area contributed by atoms with Crippen molar-refractivity contribution in [3.8, 4) is 5.75 Å². The van der Waals surface area contributed by atoms with E-state index in [0.29, 0.717) is 0 Å². The zero-order chi connectivity index (χ0) is 9.84. The molecule has 0 atom stereocenters. The van der Waals surface area contributed by atoms with Crippen LogP contribution in [0, 0.1) is 0 Å². The molecule has 0 aliphatic heterocycles. The van der Waals surface area contributed by atoms with Crippen LogP contribution in [0.3, 0.4) is 0 Å². The van der Waals surface area contributed by atoms with Crippen molar-refractivity contribution in [1.29, 1.82) is 0 Å². The Kier molecular flexibility index (Phi) is 5.76. The molecule has 0 heterocycles. The summed E-state index contributed by atoms with van der Waals surface area (Å²) in [6.45, 7) is 1.22. The number of carboxylic acids is 1. The van der Waals surface area contributed by atoms with Crippen molar-refractivity contribution in [3.05, 3.63) is 29.8 Å². The molecule has 1 rings (SSSR count). The van der Waals surface area contributed by atoms with Crippen LogP contribution >= 0.6 is 0 Å². The van der Waals surface area contributed by atoms with E-state index in [1.165, 1.54) is 19.1 Å². The van der Waals surface area contributed by atoms with Crippen LogP contribution in [-0.4, -0.2) is 54.8 Å². The van der Waals surface area contributed by atoms with Crippen LogP contribution in [0.5, 0.6) is 5.75 Å². The first-order valence-electron chi connectivity index (χ1n) is 3.62. The Hall–Kier alpha value is -0.580. The number of aromatic carboxylic acids is 1. The summed E-state index contributed by atoms with van der Waals surface area (Å²) in [5, 5.41) is 8.69. The van der Waals surface area contributed by atoms with Gasteiger partial charge in [0, 0.05) is 6.92 Å². The van der Waals surface area contributed by atoms with Crippen LogP contribution in [0.15, 0.2) is 24.3 Å². The van der Waals surface area contributed by atoms with Crippen LogP contribution in [-0.2, 0) is 4.79 Å². The van der Waals surface area contributed by atoms with Crippen molar-refractivity contribution < 1.29 is 19.4 Å². The first-order valence-corrected chi connectivity index (χ1v) is 3.62. The monoisotopic (exact) mass is 222 g/mol. The molecule has 72 valence electrons. The number of carbonyl (C=O) groups excluding carboxylic acids is 1. The average molecular weight is 222 g/mol. The van der Waals surface area contributed by atoms with E-state index >= 15 is 0 Å². The molecule has 0 aliphatic rings. The average Bonchev–Trinajstić information content (AvgIpc) is 2.03. The van der Waals surface area contributed by atoms with Gasteiger partial charge in [-0.2, -0.15) is 0 Å². The van der Waals surface area contributed by atoms with Gasteiger partial charge in [-0.1, -0.05) is 12.1 Å². The molecule has 1 aromatic carbocycles. The standard InChI is InChI=1S/C9H8O4.Ca.2H/c1-6(10)13-8-5-3-2-4-7(8)9(11)12;;;/h2-5H,1H3,(H,11,12);;;. The third kappa shape index (κ3) is 3.65. The molecule has 0 aliphatic carbocycles. The van der Waals surface area contributed by atoms with Crippen molar-refractivity contribution in [2.75, 3.05) is 0 Å². The Bertz CT molecular complexity index is 348. The van der Waals surface area contributed by atoms with Crippen LogP contribution in [0.2, 0.25) is 0 Å². The molecule has 0 amide bonds. The first-order chi connectivity index (χ1) is 6.11. The molecule has 0 saturated carbocycles. The van der Waals surface area contributed by atoms with Crippen LogP contribution in [0.25, 0.3) is 0 Å². The van der Waals surface area contributed by atoms with Crippen molar-refractivity contribution in [3.63, 3.8) is 0 Å². The Balaban J connectivity index is 0.00000169. The van der Waals surface area contributed by atoms with Gasteiger partial charge >= 0.3 is 49.7 Å². The van der Waals surface area contributed by atoms with E-state index in [1.807, 2.05) is 0 Å². The predicted octanol–water partition coefficient (Wildman–Crippen LogP) is 0.394. The van der Waals surface area contributed by atoms with Gasteiger partial charge in [0.25, 0.3) is 0 Å². The fourth-order valence-electron chi connectivity index (χ4n) is 0.887. The van der Waals surface area contributed by atoms with Gasteiger partial charge in [0.1, 0.15) is 11.3 Å². The second kappa shape index (κ2) is 6.01. The molecule has 5 heteroatoms. The maximum atomic E-state index is 10.6. The Morgan fingerprint density at radius 2 is 1.86 bits per heavy atom. The van der Waals surface area contributed by atoms with E-state index in [4.69, 9.17) is 5.11 Å². The zero-order valence-electron chi connectivity index (χ0n) is 6.98. The minimum atomic E-state index is -1.11. The van der Waals surface area contributed by atoms with E-state index in [2.05, 4.69) is 4.74 Å². The third-order valence-corrected chi connectivity index (χ3v) is 1.37. The van der Waals surface area contributed by atoms with Crippen molar-refractivity contribution >= 4 is 49.7 Å². The number of benzene rings is 1. The van der Waals surface area contributed by atoms with Crippen LogP contribution < -0.4 is 4.74 Å². The first kappa shape index (κ1) is 13.4. The summed E-state index contributed by atoms with van der Waals surface area (Å²) in [6.07, 6.45) is 0. The summed E-state index contributed by atoms with van der Waals surface area (Å²) in [5.74, 6) is -1.58. The zero-order valence-corrected chi connectivity index (χ0v) is 6.98. The molecule has 0 spiro atoms. The molecule has 0 bridgehead atoms. The number of carbonyl (C=O) groups is 2. The molecule has 0 fully saturated rings. The third-order valence-electron chi connectivity index (χ3n) is 1.37. The number of hydrogen-bond acceptors (Lipinski definition) is 3. The molecule has 0 unspecified atom stereocenters. The Morgan fingerprint density at radius 3 is 2.36 bits per heavy atom. The SMILES string of the molecule is CC(=O)Oc1ccccc1C(=O)O.[CaH2]. The maximum absolute atomic E-state index is 10.6. The number of para-hydroxylation sites is 1. The van der Waals surface area contributed by atoms with E-state index < -0.39 is 11.9 Å². The van der Waals surface area contributed by atoms with Gasteiger partial charge in [-0.3, -0.25) is 4.79 Å². The molecule has 0 aromatic heterocycles. The topological polar surface area (TPSA) is 63.6 Å². The molecule has 0 saturated heterocycles. The predicted molar refractivity (Wildman–Crippen MR) is 53.3 cm³/mol. The van der Waals surface area contributed by atoms with E-state index in [-0.39, 0.29) is 49.1 Å². The molecule has 4 nitrogen and oxygen atoms in total. The van der Waals surface area contributed by atoms with E-state index in [1.54, 1.807) is 12.1 Å². The summed E-state index contributed by atoms with van der Waals surface area (Å²) >= 11 is 0. The van der Waals surface area contributed by atoms with E-state index in [9.17, 15) is 9.59 Å². The fourth-order valence-corrected chi connectivity index (χ4v) is 0.887. The molecule has 0 radical (unpaired) electrons. The summed E-state index contributed by atoms with van der Waals surface area (Å²) in [6, 6.07) is 5.98. The van der Waals surface area contributed by atoms with Gasteiger partial charge in [-0.05, 0) is 12.1 Å². The second-order valence-electron chi connectivity index (χ2n) is 2.39. The Morgan fingerprint density at radius 1 is 1.29 bits per heavy atom. The number of hydrogen-bond donors (Lipinski definition) is 1. The number of esters is 1. The fraction of sp³-hybridized carbons (Fsp3) is 0.111. The molecule has 1 N–H and O–H groups in total. The van der Waals surface area contributed by atoms with Crippen molar-refractivity contribution in [2.45, 2.75) is 6.92 Å². The van der Waals surface area contributed by atoms with Crippen LogP contribution in [0.1, 0.15) is 17.3 Å². The molecule has 14 heavy (non-hydrogen) atoms. The Labute approximate surface area is 111 Å². The minimum absolute atomic E-state index is 0. The number of ether oxygens (including phenoxy) is 1.